The quantitative estimate of drug-likeness (QED) is 0.743. The molecule has 5 nitrogen and oxygen atoms in total. The van der Waals surface area contributed by atoms with Crippen molar-refractivity contribution in [1.29, 1.82) is 0 Å². The summed E-state index contributed by atoms with van der Waals surface area (Å²) >= 11 is 1.59. The molecular formula is C18H19N3O2S. The van der Waals surface area contributed by atoms with Crippen molar-refractivity contribution in [2.45, 2.75) is 13.1 Å². The minimum atomic E-state index is 0.284. The first-order valence-corrected chi connectivity index (χ1v) is 8.49. The fourth-order valence-electron chi connectivity index (χ4n) is 2.50. The number of pyridine rings is 1. The third kappa shape index (κ3) is 3.90. The Morgan fingerprint density at radius 3 is 2.83 bits per heavy atom. The third-order valence-electron chi connectivity index (χ3n) is 3.66. The molecule has 0 bridgehead atoms. The highest BCUT2D eigenvalue weighted by Crippen LogP contribution is 2.27. The predicted octanol–water partition coefficient (Wildman–Crippen LogP) is 3.55. The van der Waals surface area contributed by atoms with Gasteiger partial charge in [-0.1, -0.05) is 6.07 Å². The number of aromatic hydroxyl groups is 1. The van der Waals surface area contributed by atoms with E-state index in [9.17, 15) is 5.11 Å². The molecule has 6 heteroatoms. The van der Waals surface area contributed by atoms with E-state index < -0.39 is 0 Å². The Balaban J connectivity index is 1.80. The van der Waals surface area contributed by atoms with Gasteiger partial charge in [0.05, 0.1) is 24.0 Å². The van der Waals surface area contributed by atoms with Gasteiger partial charge in [-0.25, -0.2) is 9.97 Å². The van der Waals surface area contributed by atoms with Crippen molar-refractivity contribution in [3.05, 3.63) is 58.5 Å². The maximum atomic E-state index is 10.2. The van der Waals surface area contributed by atoms with Crippen molar-refractivity contribution in [1.82, 2.24) is 14.9 Å². The molecule has 0 spiro atoms. The Bertz CT molecular complexity index is 806. The van der Waals surface area contributed by atoms with Crippen LogP contribution in [0.25, 0.3) is 11.3 Å². The number of phenolic OH excluding ortho intramolecular Hbond substituents is 1. The number of rotatable bonds is 6. The fourth-order valence-corrected chi connectivity index (χ4v) is 3.05. The highest BCUT2D eigenvalue weighted by atomic mass is 32.1. The van der Waals surface area contributed by atoms with Crippen LogP contribution in [-0.4, -0.2) is 34.1 Å². The molecule has 3 aromatic rings. The molecule has 124 valence electrons. The number of methoxy groups -OCH3 is 1. The van der Waals surface area contributed by atoms with Gasteiger partial charge in [0, 0.05) is 35.7 Å². The van der Waals surface area contributed by atoms with Gasteiger partial charge in [0.2, 0.25) is 5.88 Å². The van der Waals surface area contributed by atoms with Gasteiger partial charge in [-0.2, -0.15) is 0 Å². The van der Waals surface area contributed by atoms with Gasteiger partial charge >= 0.3 is 0 Å². The lowest BCUT2D eigenvalue weighted by molar-refractivity contribution is 0.309. The van der Waals surface area contributed by atoms with Crippen LogP contribution < -0.4 is 4.74 Å². The molecule has 0 aliphatic heterocycles. The van der Waals surface area contributed by atoms with E-state index in [1.54, 1.807) is 24.5 Å². The summed E-state index contributed by atoms with van der Waals surface area (Å²) in [5, 5.41) is 12.2. The number of thiazole rings is 1. The maximum absolute atomic E-state index is 10.2. The molecule has 2 aromatic heterocycles. The van der Waals surface area contributed by atoms with Crippen molar-refractivity contribution >= 4 is 11.3 Å². The fraction of sp³-hybridized carbons (Fsp3) is 0.222. The summed E-state index contributed by atoms with van der Waals surface area (Å²) in [6.07, 6.45) is 0. The monoisotopic (exact) mass is 341 g/mol. The van der Waals surface area contributed by atoms with E-state index >= 15 is 0 Å². The topological polar surface area (TPSA) is 58.5 Å². The van der Waals surface area contributed by atoms with Gasteiger partial charge in [-0.3, -0.25) is 4.90 Å². The number of phenols is 1. The number of aromatic nitrogens is 2. The van der Waals surface area contributed by atoms with Crippen LogP contribution in [0.1, 0.15) is 11.3 Å². The number of benzene rings is 1. The maximum Gasteiger partial charge on any atom is 0.213 e. The van der Waals surface area contributed by atoms with Crippen LogP contribution in [0.5, 0.6) is 11.6 Å². The number of nitrogens with zero attached hydrogens (tertiary/aromatic N) is 3. The summed E-state index contributed by atoms with van der Waals surface area (Å²) in [5.74, 6) is 0.856. The lowest BCUT2D eigenvalue weighted by atomic mass is 10.1. The van der Waals surface area contributed by atoms with Crippen molar-refractivity contribution in [2.75, 3.05) is 14.2 Å². The summed E-state index contributed by atoms with van der Waals surface area (Å²) in [5.41, 5.74) is 5.49. The van der Waals surface area contributed by atoms with Crippen molar-refractivity contribution in [3.8, 4) is 22.9 Å². The highest BCUT2D eigenvalue weighted by molar-refractivity contribution is 7.07. The van der Waals surface area contributed by atoms with E-state index in [1.807, 2.05) is 48.3 Å². The molecule has 1 aromatic carbocycles. The molecule has 0 atom stereocenters. The van der Waals surface area contributed by atoms with Gasteiger partial charge in [-0.05, 0) is 31.3 Å². The second-order valence-corrected chi connectivity index (χ2v) is 6.28. The van der Waals surface area contributed by atoms with Crippen LogP contribution in [0.2, 0.25) is 0 Å². The van der Waals surface area contributed by atoms with Crippen LogP contribution in [-0.2, 0) is 13.1 Å². The zero-order valence-electron chi connectivity index (χ0n) is 13.6. The van der Waals surface area contributed by atoms with E-state index in [-0.39, 0.29) is 5.75 Å². The molecule has 24 heavy (non-hydrogen) atoms. The molecule has 3 rings (SSSR count). The average molecular weight is 341 g/mol. The smallest absolute Gasteiger partial charge is 0.213 e. The first-order chi connectivity index (χ1) is 11.7. The van der Waals surface area contributed by atoms with Crippen molar-refractivity contribution < 1.29 is 9.84 Å². The van der Waals surface area contributed by atoms with Crippen LogP contribution >= 0.6 is 11.3 Å². The Morgan fingerprint density at radius 1 is 1.21 bits per heavy atom. The SMILES string of the molecule is COc1cccc(-c2ccc(O)c(CN(C)Cc3cscn3)c2)n1. The molecule has 0 radical (unpaired) electrons. The van der Waals surface area contributed by atoms with Gasteiger partial charge < -0.3 is 9.84 Å². The molecule has 1 N–H and O–H groups in total. The lowest BCUT2D eigenvalue weighted by Gasteiger charge is -2.17. The van der Waals surface area contributed by atoms with Crippen molar-refractivity contribution in [2.24, 2.45) is 0 Å². The van der Waals surface area contributed by atoms with Gasteiger partial charge in [0.25, 0.3) is 0 Å². The molecule has 0 aliphatic rings. The van der Waals surface area contributed by atoms with E-state index in [1.165, 1.54) is 0 Å². The summed E-state index contributed by atoms with van der Waals surface area (Å²) < 4.78 is 5.18. The number of hydrogen-bond acceptors (Lipinski definition) is 6. The molecule has 0 fully saturated rings. The predicted molar refractivity (Wildman–Crippen MR) is 95.2 cm³/mol. The number of hydrogen-bond donors (Lipinski definition) is 1. The minimum absolute atomic E-state index is 0.284. The largest absolute Gasteiger partial charge is 0.508 e. The summed E-state index contributed by atoms with van der Waals surface area (Å²) in [6.45, 7) is 1.37. The molecule has 0 aliphatic carbocycles. The van der Waals surface area contributed by atoms with Gasteiger partial charge in [-0.15, -0.1) is 11.3 Å². The zero-order chi connectivity index (χ0) is 16.9. The Morgan fingerprint density at radius 2 is 2.08 bits per heavy atom. The Kier molecular flexibility index (Phi) is 5.08. The standard InChI is InChI=1S/C18H19N3O2S/c1-21(10-15-11-24-12-19-15)9-14-8-13(6-7-17(14)22)16-4-3-5-18(20-16)23-2/h3-8,11-12,22H,9-10H2,1-2H3. The number of ether oxygens (including phenoxy) is 1. The molecule has 0 unspecified atom stereocenters. The van der Waals surface area contributed by atoms with E-state index in [0.29, 0.717) is 12.4 Å². The Labute approximate surface area is 145 Å². The molecule has 0 saturated heterocycles. The van der Waals surface area contributed by atoms with Crippen LogP contribution in [0.4, 0.5) is 0 Å². The van der Waals surface area contributed by atoms with Crippen LogP contribution in [0, 0.1) is 0 Å². The highest BCUT2D eigenvalue weighted by Gasteiger charge is 2.10. The second-order valence-electron chi connectivity index (χ2n) is 5.56. The Hall–Kier alpha value is -2.44. The zero-order valence-corrected chi connectivity index (χ0v) is 14.5. The van der Waals surface area contributed by atoms with E-state index in [4.69, 9.17) is 4.74 Å². The second kappa shape index (κ2) is 7.42. The summed E-state index contributed by atoms with van der Waals surface area (Å²) in [7, 11) is 3.61. The van der Waals surface area contributed by atoms with Gasteiger partial charge in [0.1, 0.15) is 5.75 Å². The molecule has 0 saturated carbocycles. The molecule has 0 amide bonds. The molecule has 2 heterocycles. The van der Waals surface area contributed by atoms with Gasteiger partial charge in [0.15, 0.2) is 0 Å². The molecular weight excluding hydrogens is 322 g/mol. The minimum Gasteiger partial charge on any atom is -0.508 e. The van der Waals surface area contributed by atoms with E-state index in [2.05, 4.69) is 14.9 Å². The van der Waals surface area contributed by atoms with Crippen molar-refractivity contribution in [3.63, 3.8) is 0 Å². The average Bonchev–Trinajstić information content (AvgIpc) is 3.09. The summed E-state index contributed by atoms with van der Waals surface area (Å²) in [4.78, 5) is 10.9. The lowest BCUT2D eigenvalue weighted by Crippen LogP contribution is -2.17. The van der Waals surface area contributed by atoms with Crippen LogP contribution in [0.3, 0.4) is 0 Å². The normalized spacial score (nSPS) is 11.0. The summed E-state index contributed by atoms with van der Waals surface area (Å²) in [6, 6.07) is 11.2. The first kappa shape index (κ1) is 16.4. The first-order valence-electron chi connectivity index (χ1n) is 7.54. The van der Waals surface area contributed by atoms with Crippen LogP contribution in [0.15, 0.2) is 47.3 Å². The third-order valence-corrected chi connectivity index (χ3v) is 4.30. The van der Waals surface area contributed by atoms with E-state index in [0.717, 1.165) is 29.1 Å².